The zero-order valence-corrected chi connectivity index (χ0v) is 12.8. The monoisotopic (exact) mass is 318 g/mol. The van der Waals surface area contributed by atoms with Gasteiger partial charge in [-0.05, 0) is 24.3 Å². The number of fused-ring (bicyclic) bond motifs is 1. The zero-order chi connectivity index (χ0) is 15.9. The molecule has 1 aliphatic rings. The van der Waals surface area contributed by atoms with Gasteiger partial charge in [-0.2, -0.15) is 4.31 Å². The molecule has 0 aliphatic carbocycles. The number of sulfonamides is 1. The highest BCUT2D eigenvalue weighted by Crippen LogP contribution is 2.32. The minimum atomic E-state index is -3.99. The molecular weight excluding hydrogens is 304 g/mol. The Morgan fingerprint density at radius 1 is 1.09 bits per heavy atom. The van der Waals surface area contributed by atoms with E-state index >= 15 is 0 Å². The SMILES string of the molecule is CN(C)c1cccc(N2C(=O)Nc3ccccc3S2(=O)=O)n1. The number of para-hydroxylation sites is 1. The van der Waals surface area contributed by atoms with Gasteiger partial charge in [0.25, 0.3) is 10.0 Å². The van der Waals surface area contributed by atoms with E-state index in [1.54, 1.807) is 49.3 Å². The quantitative estimate of drug-likeness (QED) is 0.914. The molecule has 0 bridgehead atoms. The van der Waals surface area contributed by atoms with Gasteiger partial charge in [0.05, 0.1) is 5.69 Å². The Bertz CT molecular complexity index is 849. The van der Waals surface area contributed by atoms with Crippen molar-refractivity contribution in [2.24, 2.45) is 0 Å². The Hall–Kier alpha value is -2.61. The van der Waals surface area contributed by atoms with Crippen LogP contribution in [0.25, 0.3) is 0 Å². The number of hydrogen-bond acceptors (Lipinski definition) is 5. The van der Waals surface area contributed by atoms with Crippen LogP contribution in [0.4, 0.5) is 22.1 Å². The number of carbonyl (C=O) groups excluding carboxylic acids is 1. The molecule has 1 aliphatic heterocycles. The summed E-state index contributed by atoms with van der Waals surface area (Å²) in [5, 5.41) is 2.57. The lowest BCUT2D eigenvalue weighted by Crippen LogP contribution is -2.44. The fourth-order valence-corrected chi connectivity index (χ4v) is 3.63. The maximum absolute atomic E-state index is 12.7. The van der Waals surface area contributed by atoms with Crippen molar-refractivity contribution < 1.29 is 13.2 Å². The smallest absolute Gasteiger partial charge is 0.341 e. The number of anilines is 3. The van der Waals surface area contributed by atoms with E-state index in [0.29, 0.717) is 10.1 Å². The molecule has 1 aromatic carbocycles. The number of nitrogens with zero attached hydrogens (tertiary/aromatic N) is 3. The van der Waals surface area contributed by atoms with Crippen molar-refractivity contribution in [1.29, 1.82) is 0 Å². The van der Waals surface area contributed by atoms with Crippen molar-refractivity contribution in [3.05, 3.63) is 42.5 Å². The van der Waals surface area contributed by atoms with E-state index in [2.05, 4.69) is 10.3 Å². The molecule has 22 heavy (non-hydrogen) atoms. The first-order chi connectivity index (χ1) is 10.4. The van der Waals surface area contributed by atoms with E-state index in [0.717, 1.165) is 0 Å². The van der Waals surface area contributed by atoms with Crippen molar-refractivity contribution in [2.75, 3.05) is 28.6 Å². The van der Waals surface area contributed by atoms with Gasteiger partial charge in [0.2, 0.25) is 0 Å². The normalized spacial score (nSPS) is 15.9. The highest BCUT2D eigenvalue weighted by molar-refractivity contribution is 7.94. The van der Waals surface area contributed by atoms with Crippen molar-refractivity contribution in [1.82, 2.24) is 4.98 Å². The summed E-state index contributed by atoms with van der Waals surface area (Å²) in [6.07, 6.45) is 0. The number of hydrogen-bond donors (Lipinski definition) is 1. The fourth-order valence-electron chi connectivity index (χ4n) is 2.17. The van der Waals surface area contributed by atoms with Gasteiger partial charge in [0.1, 0.15) is 10.7 Å². The van der Waals surface area contributed by atoms with Crippen LogP contribution in [0.5, 0.6) is 0 Å². The van der Waals surface area contributed by atoms with Crippen LogP contribution in [-0.4, -0.2) is 33.5 Å². The molecule has 2 amide bonds. The third-order valence-corrected chi connectivity index (χ3v) is 4.96. The second-order valence-electron chi connectivity index (χ2n) is 4.94. The molecule has 8 heteroatoms. The summed E-state index contributed by atoms with van der Waals surface area (Å²) in [7, 11) is -0.419. The highest BCUT2D eigenvalue weighted by Gasteiger charge is 2.38. The van der Waals surface area contributed by atoms with Crippen LogP contribution in [0, 0.1) is 0 Å². The second-order valence-corrected chi connectivity index (χ2v) is 6.70. The van der Waals surface area contributed by atoms with Crippen LogP contribution in [-0.2, 0) is 10.0 Å². The van der Waals surface area contributed by atoms with Gasteiger partial charge in [0, 0.05) is 14.1 Å². The van der Waals surface area contributed by atoms with Gasteiger partial charge in [-0.15, -0.1) is 0 Å². The molecular formula is C14H14N4O3S. The van der Waals surface area contributed by atoms with Gasteiger partial charge < -0.3 is 10.2 Å². The Balaban J connectivity index is 2.16. The molecule has 0 unspecified atom stereocenters. The van der Waals surface area contributed by atoms with Crippen LogP contribution >= 0.6 is 0 Å². The summed E-state index contributed by atoms with van der Waals surface area (Å²) in [5.74, 6) is 0.609. The first-order valence-electron chi connectivity index (χ1n) is 6.51. The lowest BCUT2D eigenvalue weighted by atomic mass is 10.3. The lowest BCUT2D eigenvalue weighted by Gasteiger charge is -2.28. The Morgan fingerprint density at radius 2 is 1.82 bits per heavy atom. The molecule has 2 heterocycles. The number of carbonyl (C=O) groups is 1. The maximum atomic E-state index is 12.7. The Morgan fingerprint density at radius 3 is 2.55 bits per heavy atom. The number of benzene rings is 1. The molecule has 1 N–H and O–H groups in total. The van der Waals surface area contributed by atoms with Crippen molar-refractivity contribution in [3.63, 3.8) is 0 Å². The molecule has 1 aromatic heterocycles. The van der Waals surface area contributed by atoms with Gasteiger partial charge in [0.15, 0.2) is 5.82 Å². The van der Waals surface area contributed by atoms with E-state index in [9.17, 15) is 13.2 Å². The van der Waals surface area contributed by atoms with Crippen LogP contribution in [0.1, 0.15) is 0 Å². The van der Waals surface area contributed by atoms with Crippen LogP contribution in [0.2, 0.25) is 0 Å². The molecule has 7 nitrogen and oxygen atoms in total. The van der Waals surface area contributed by atoms with Crippen LogP contribution in [0.15, 0.2) is 47.4 Å². The molecule has 114 valence electrons. The van der Waals surface area contributed by atoms with Crippen LogP contribution < -0.4 is 14.5 Å². The number of urea groups is 1. The van der Waals surface area contributed by atoms with E-state index < -0.39 is 16.1 Å². The van der Waals surface area contributed by atoms with Gasteiger partial charge in [-0.25, -0.2) is 18.2 Å². The fraction of sp³-hybridized carbons (Fsp3) is 0.143. The van der Waals surface area contributed by atoms with E-state index in [4.69, 9.17) is 0 Å². The molecule has 0 fully saturated rings. The third kappa shape index (κ3) is 2.17. The summed E-state index contributed by atoms with van der Waals surface area (Å²) in [6, 6.07) is 10.4. The molecule has 0 radical (unpaired) electrons. The number of pyridine rings is 1. The van der Waals surface area contributed by atoms with Gasteiger partial charge >= 0.3 is 6.03 Å². The topological polar surface area (TPSA) is 82.6 Å². The minimum Gasteiger partial charge on any atom is -0.363 e. The summed E-state index contributed by atoms with van der Waals surface area (Å²) < 4.78 is 26.1. The number of rotatable bonds is 2. The molecule has 0 saturated heterocycles. The lowest BCUT2D eigenvalue weighted by molar-refractivity contribution is 0.259. The molecule has 0 spiro atoms. The Kier molecular flexibility index (Phi) is 3.25. The van der Waals surface area contributed by atoms with Crippen molar-refractivity contribution in [2.45, 2.75) is 4.90 Å². The Labute approximate surface area is 128 Å². The third-order valence-electron chi connectivity index (χ3n) is 3.22. The molecule has 3 rings (SSSR count). The summed E-state index contributed by atoms with van der Waals surface area (Å²) in [5.41, 5.74) is 0.271. The first kappa shape index (κ1) is 14.3. The summed E-state index contributed by atoms with van der Waals surface area (Å²) in [6.45, 7) is 0. The average molecular weight is 318 g/mol. The van der Waals surface area contributed by atoms with Crippen LogP contribution in [0.3, 0.4) is 0 Å². The predicted molar refractivity (Wildman–Crippen MR) is 83.7 cm³/mol. The number of nitrogens with one attached hydrogen (secondary N) is 1. The minimum absolute atomic E-state index is 0.0478. The number of aromatic nitrogens is 1. The van der Waals surface area contributed by atoms with E-state index in [-0.39, 0.29) is 16.4 Å². The van der Waals surface area contributed by atoms with Gasteiger partial charge in [-0.3, -0.25) is 0 Å². The van der Waals surface area contributed by atoms with E-state index in [1.807, 2.05) is 0 Å². The summed E-state index contributed by atoms with van der Waals surface area (Å²) in [4.78, 5) is 18.2. The highest BCUT2D eigenvalue weighted by atomic mass is 32.2. The van der Waals surface area contributed by atoms with Crippen molar-refractivity contribution >= 4 is 33.4 Å². The molecule has 0 atom stereocenters. The molecule has 2 aromatic rings. The maximum Gasteiger partial charge on any atom is 0.341 e. The molecule has 0 saturated carbocycles. The van der Waals surface area contributed by atoms with Crippen molar-refractivity contribution in [3.8, 4) is 0 Å². The zero-order valence-electron chi connectivity index (χ0n) is 12.0. The first-order valence-corrected chi connectivity index (χ1v) is 7.95. The predicted octanol–water partition coefficient (Wildman–Crippen LogP) is 1.89. The largest absolute Gasteiger partial charge is 0.363 e. The van der Waals surface area contributed by atoms with Gasteiger partial charge in [-0.1, -0.05) is 18.2 Å². The van der Waals surface area contributed by atoms with E-state index in [1.165, 1.54) is 12.1 Å². The second kappa shape index (κ2) is 4.99. The standard InChI is InChI=1S/C14H14N4O3S/c1-17(2)12-8-5-9-13(16-12)18-14(19)15-10-6-3-4-7-11(10)22(18,20)21/h3-9H,1-2H3,(H,15,19). The average Bonchev–Trinajstić information content (AvgIpc) is 2.47. The number of amides is 2. The summed E-state index contributed by atoms with van der Waals surface area (Å²) >= 11 is 0.